The lowest BCUT2D eigenvalue weighted by Gasteiger charge is -2.37. The Morgan fingerprint density at radius 1 is 1.21 bits per heavy atom. The molecule has 0 radical (unpaired) electrons. The summed E-state index contributed by atoms with van der Waals surface area (Å²) in [4.78, 5) is 8.88. The highest BCUT2D eigenvalue weighted by Crippen LogP contribution is 2.20. The van der Waals surface area contributed by atoms with Crippen molar-refractivity contribution in [1.29, 1.82) is 0 Å². The lowest BCUT2D eigenvalue weighted by molar-refractivity contribution is 0.370. The van der Waals surface area contributed by atoms with E-state index in [1.807, 2.05) is 19.1 Å². The van der Waals surface area contributed by atoms with E-state index in [1.165, 1.54) is 10.4 Å². The van der Waals surface area contributed by atoms with Gasteiger partial charge in [0.1, 0.15) is 5.82 Å². The van der Waals surface area contributed by atoms with Gasteiger partial charge in [-0.15, -0.1) is 24.0 Å². The molecule has 1 aliphatic rings. The number of guanidine groups is 1. The number of hydrogen-bond donors (Lipinski definition) is 1. The fraction of sp³-hybridized carbons (Fsp3) is 0.632. The van der Waals surface area contributed by atoms with Gasteiger partial charge in [0.2, 0.25) is 10.0 Å². The van der Waals surface area contributed by atoms with Crippen LogP contribution >= 0.6 is 24.0 Å². The van der Waals surface area contributed by atoms with Crippen LogP contribution in [0.2, 0.25) is 0 Å². The second kappa shape index (κ2) is 12.5. The Balaban J connectivity index is 0.00000420. The first-order valence-corrected chi connectivity index (χ1v) is 11.5. The fourth-order valence-electron chi connectivity index (χ4n) is 3.13. The zero-order valence-corrected chi connectivity index (χ0v) is 20.6. The van der Waals surface area contributed by atoms with E-state index in [1.54, 1.807) is 20.0 Å². The van der Waals surface area contributed by atoms with Gasteiger partial charge in [-0.3, -0.25) is 4.99 Å². The van der Waals surface area contributed by atoms with Crippen molar-refractivity contribution in [2.75, 3.05) is 63.5 Å². The molecule has 0 spiro atoms. The Bertz CT molecular complexity index is 755. The number of rotatable bonds is 8. The third-order valence-corrected chi connectivity index (χ3v) is 6.70. The molecule has 1 fully saturated rings. The summed E-state index contributed by atoms with van der Waals surface area (Å²) in [7, 11) is -1.54. The third-order valence-electron chi connectivity index (χ3n) is 4.84. The smallest absolute Gasteiger partial charge is 0.213 e. The van der Waals surface area contributed by atoms with Crippen molar-refractivity contribution in [1.82, 2.24) is 14.5 Å². The minimum atomic E-state index is -3.14. The predicted octanol–water partition coefficient (Wildman–Crippen LogP) is 2.20. The molecular weight excluding hydrogens is 508 g/mol. The standard InChI is InChI=1S/C19H32FN5O2S.HI/c1-4-21-19(22-11-8-12-23(3)28(26,27)5-2)25-15-13-24(14-16-25)18-10-7-6-9-17(18)20;/h6-7,9-10H,4-5,8,11-16H2,1-3H3,(H,21,22);1H. The Kier molecular flexibility index (Phi) is 11.2. The van der Waals surface area contributed by atoms with Crippen LogP contribution in [-0.2, 0) is 10.0 Å². The van der Waals surface area contributed by atoms with Crippen molar-refractivity contribution >= 4 is 45.6 Å². The first-order valence-electron chi connectivity index (χ1n) is 9.85. The molecule has 29 heavy (non-hydrogen) atoms. The number of hydrogen-bond acceptors (Lipinski definition) is 4. The maximum atomic E-state index is 14.0. The van der Waals surface area contributed by atoms with E-state index in [0.29, 0.717) is 25.2 Å². The molecule has 1 heterocycles. The van der Waals surface area contributed by atoms with Gasteiger partial charge < -0.3 is 15.1 Å². The molecule has 1 aliphatic heterocycles. The Hall–Kier alpha value is -1.14. The van der Waals surface area contributed by atoms with Gasteiger partial charge in [-0.05, 0) is 32.4 Å². The summed E-state index contributed by atoms with van der Waals surface area (Å²) < 4.78 is 39.0. The van der Waals surface area contributed by atoms with Crippen LogP contribution in [0.25, 0.3) is 0 Å². The lowest BCUT2D eigenvalue weighted by atomic mass is 10.2. The van der Waals surface area contributed by atoms with E-state index in [2.05, 4.69) is 20.1 Å². The van der Waals surface area contributed by atoms with Gasteiger partial charge in [-0.1, -0.05) is 12.1 Å². The number of nitrogens with one attached hydrogen (secondary N) is 1. The molecule has 0 aliphatic carbocycles. The molecule has 0 saturated carbocycles. The van der Waals surface area contributed by atoms with E-state index in [-0.39, 0.29) is 35.5 Å². The quantitative estimate of drug-likeness (QED) is 0.237. The van der Waals surface area contributed by atoms with Crippen molar-refractivity contribution in [2.24, 2.45) is 4.99 Å². The number of halogens is 2. The maximum Gasteiger partial charge on any atom is 0.213 e. The fourth-order valence-corrected chi connectivity index (χ4v) is 3.98. The van der Waals surface area contributed by atoms with E-state index < -0.39 is 10.0 Å². The van der Waals surface area contributed by atoms with E-state index in [9.17, 15) is 12.8 Å². The largest absolute Gasteiger partial charge is 0.366 e. The molecule has 1 N–H and O–H groups in total. The molecule has 1 aromatic carbocycles. The average Bonchev–Trinajstić information content (AvgIpc) is 2.70. The first-order chi connectivity index (χ1) is 13.4. The summed E-state index contributed by atoms with van der Waals surface area (Å²) in [6, 6.07) is 6.86. The van der Waals surface area contributed by atoms with Gasteiger partial charge in [0.25, 0.3) is 0 Å². The van der Waals surface area contributed by atoms with Gasteiger partial charge in [0, 0.05) is 52.9 Å². The zero-order chi connectivity index (χ0) is 20.6. The molecule has 0 atom stereocenters. The molecule has 0 amide bonds. The van der Waals surface area contributed by atoms with Crippen LogP contribution in [-0.4, -0.2) is 82.2 Å². The number of nitrogens with zero attached hydrogens (tertiary/aromatic N) is 4. The van der Waals surface area contributed by atoms with E-state index >= 15 is 0 Å². The first kappa shape index (κ1) is 25.9. The molecule has 166 valence electrons. The second-order valence-corrected chi connectivity index (χ2v) is 9.10. The van der Waals surface area contributed by atoms with Gasteiger partial charge in [0.15, 0.2) is 5.96 Å². The molecule has 0 aromatic heterocycles. The molecule has 2 rings (SSSR count). The topological polar surface area (TPSA) is 68.2 Å². The minimum Gasteiger partial charge on any atom is -0.366 e. The van der Waals surface area contributed by atoms with Crippen LogP contribution in [0.5, 0.6) is 0 Å². The van der Waals surface area contributed by atoms with E-state index in [4.69, 9.17) is 0 Å². The Morgan fingerprint density at radius 2 is 1.86 bits per heavy atom. The van der Waals surface area contributed by atoms with Crippen molar-refractivity contribution in [3.8, 4) is 0 Å². The summed E-state index contributed by atoms with van der Waals surface area (Å²) in [6.45, 7) is 8.40. The van der Waals surface area contributed by atoms with Crippen molar-refractivity contribution < 1.29 is 12.8 Å². The summed E-state index contributed by atoms with van der Waals surface area (Å²) in [5, 5.41) is 3.30. The number of benzene rings is 1. The lowest BCUT2D eigenvalue weighted by Crippen LogP contribution is -2.52. The second-order valence-electron chi connectivity index (χ2n) is 6.74. The van der Waals surface area contributed by atoms with Gasteiger partial charge in [-0.25, -0.2) is 17.1 Å². The molecule has 1 aromatic rings. The molecule has 0 bridgehead atoms. The maximum absolute atomic E-state index is 14.0. The number of aliphatic imine (C=N–C) groups is 1. The van der Waals surface area contributed by atoms with Gasteiger partial charge >= 0.3 is 0 Å². The summed E-state index contributed by atoms with van der Waals surface area (Å²) in [6.07, 6.45) is 0.666. The summed E-state index contributed by atoms with van der Waals surface area (Å²) >= 11 is 0. The monoisotopic (exact) mass is 541 g/mol. The van der Waals surface area contributed by atoms with Crippen LogP contribution in [0, 0.1) is 5.82 Å². The number of piperazine rings is 1. The van der Waals surface area contributed by atoms with Crippen LogP contribution < -0.4 is 10.2 Å². The molecule has 1 saturated heterocycles. The molecule has 7 nitrogen and oxygen atoms in total. The Morgan fingerprint density at radius 3 is 2.45 bits per heavy atom. The van der Waals surface area contributed by atoms with Crippen LogP contribution in [0.15, 0.2) is 29.3 Å². The van der Waals surface area contributed by atoms with Crippen LogP contribution in [0.1, 0.15) is 20.3 Å². The van der Waals surface area contributed by atoms with E-state index in [0.717, 1.165) is 38.7 Å². The molecule has 0 unspecified atom stereocenters. The number of anilines is 1. The predicted molar refractivity (Wildman–Crippen MR) is 128 cm³/mol. The minimum absolute atomic E-state index is 0. The number of sulfonamides is 1. The van der Waals surface area contributed by atoms with Gasteiger partial charge in [0.05, 0.1) is 11.4 Å². The third kappa shape index (κ3) is 7.56. The molecule has 10 heteroatoms. The number of para-hydroxylation sites is 1. The summed E-state index contributed by atoms with van der Waals surface area (Å²) in [5.74, 6) is 0.751. The summed E-state index contributed by atoms with van der Waals surface area (Å²) in [5.41, 5.74) is 0.643. The Labute approximate surface area is 191 Å². The van der Waals surface area contributed by atoms with Crippen molar-refractivity contribution in [3.05, 3.63) is 30.1 Å². The van der Waals surface area contributed by atoms with Crippen LogP contribution in [0.3, 0.4) is 0 Å². The van der Waals surface area contributed by atoms with Crippen LogP contribution in [0.4, 0.5) is 10.1 Å². The van der Waals surface area contributed by atoms with Gasteiger partial charge in [-0.2, -0.15) is 0 Å². The highest BCUT2D eigenvalue weighted by atomic mass is 127. The van der Waals surface area contributed by atoms with Crippen molar-refractivity contribution in [2.45, 2.75) is 20.3 Å². The molecular formula is C19H33FIN5O2S. The zero-order valence-electron chi connectivity index (χ0n) is 17.5. The highest BCUT2D eigenvalue weighted by Gasteiger charge is 2.21. The SMILES string of the molecule is CCNC(=NCCCN(C)S(=O)(=O)CC)N1CCN(c2ccccc2F)CC1.I. The highest BCUT2D eigenvalue weighted by molar-refractivity contribution is 14.0. The van der Waals surface area contributed by atoms with Crippen molar-refractivity contribution in [3.63, 3.8) is 0 Å². The normalized spacial score (nSPS) is 15.4. The average molecular weight is 541 g/mol.